The zero-order valence-electron chi connectivity index (χ0n) is 7.33. The van der Waals surface area contributed by atoms with Gasteiger partial charge in [0.15, 0.2) is 21.2 Å². The van der Waals surface area contributed by atoms with Crippen LogP contribution in [0.25, 0.3) is 0 Å². The van der Waals surface area contributed by atoms with Crippen molar-refractivity contribution in [2.75, 3.05) is 0 Å². The van der Waals surface area contributed by atoms with E-state index >= 15 is 0 Å². The third-order valence-corrected chi connectivity index (χ3v) is 4.03. The molecule has 16 heavy (non-hydrogen) atoms. The number of benzene rings is 1. The summed E-state index contributed by atoms with van der Waals surface area (Å²) < 4.78 is 10.7. The molecule has 8 heteroatoms. The molecule has 1 aromatic carbocycles. The number of aromatic carboxylic acids is 2. The van der Waals surface area contributed by atoms with Gasteiger partial charge in [0.2, 0.25) is 0 Å². The molecule has 0 unspecified atom stereocenters. The van der Waals surface area contributed by atoms with Crippen LogP contribution in [-0.4, -0.2) is 22.2 Å². The van der Waals surface area contributed by atoms with Crippen molar-refractivity contribution < 1.29 is 22.9 Å². The zero-order chi connectivity index (χ0) is 12.5. The summed E-state index contributed by atoms with van der Waals surface area (Å²) in [7, 11) is 0. The average Bonchev–Trinajstić information content (AvgIpc) is 2.20. The lowest BCUT2D eigenvalue weighted by molar-refractivity contribution is 0.0695. The fraction of sp³-hybridized carbons (Fsp3) is 0. The van der Waals surface area contributed by atoms with E-state index in [4.69, 9.17) is 33.4 Å². The van der Waals surface area contributed by atoms with Gasteiger partial charge in [0, 0.05) is 0 Å². The first-order valence-electron chi connectivity index (χ1n) is 3.65. The molecule has 0 saturated carbocycles. The predicted molar refractivity (Wildman–Crippen MR) is 63.8 cm³/mol. The van der Waals surface area contributed by atoms with Crippen LogP contribution in [0.2, 0.25) is 10.0 Å². The van der Waals surface area contributed by atoms with Gasteiger partial charge >= 0.3 is 11.9 Å². The Balaban J connectivity index is 3.75. The van der Waals surface area contributed by atoms with Gasteiger partial charge in [-0.05, 0) is 6.07 Å². The van der Waals surface area contributed by atoms with Crippen molar-refractivity contribution in [3.8, 4) is 0 Å². The number of halogens is 3. The topological polar surface area (TPSA) is 91.7 Å². The molecular formula is C8H3Cl2IO5. The van der Waals surface area contributed by atoms with E-state index < -0.39 is 44.3 Å². The first-order valence-corrected chi connectivity index (χ1v) is 6.37. The molecule has 86 valence electrons. The Morgan fingerprint density at radius 3 is 2.12 bits per heavy atom. The minimum Gasteiger partial charge on any atom is -0.478 e. The van der Waals surface area contributed by atoms with Gasteiger partial charge in [-0.2, -0.15) is 0 Å². The molecular weight excluding hydrogens is 374 g/mol. The number of carbonyl (C=O) groups is 2. The summed E-state index contributed by atoms with van der Waals surface area (Å²) in [6, 6.07) is 0.992. The summed E-state index contributed by atoms with van der Waals surface area (Å²) in [6.07, 6.45) is 0. The maximum Gasteiger partial charge on any atom is 0.338 e. The largest absolute Gasteiger partial charge is 0.478 e. The van der Waals surface area contributed by atoms with E-state index in [2.05, 4.69) is 0 Å². The molecule has 0 heterocycles. The zero-order valence-corrected chi connectivity index (χ0v) is 11.0. The van der Waals surface area contributed by atoms with E-state index in [1.165, 1.54) is 0 Å². The second-order valence-corrected chi connectivity index (χ2v) is 4.90. The molecule has 0 aliphatic heterocycles. The molecule has 0 spiro atoms. The molecule has 0 aromatic heterocycles. The molecule has 5 nitrogen and oxygen atoms in total. The molecule has 0 bridgehead atoms. The molecule has 0 saturated heterocycles. The minimum absolute atomic E-state index is 0.197. The van der Waals surface area contributed by atoms with Gasteiger partial charge in [-0.15, -0.1) is 0 Å². The van der Waals surface area contributed by atoms with E-state index in [-0.39, 0.29) is 13.6 Å². The van der Waals surface area contributed by atoms with Crippen LogP contribution in [0.5, 0.6) is 0 Å². The van der Waals surface area contributed by atoms with E-state index in [1.807, 2.05) is 0 Å². The highest BCUT2D eigenvalue weighted by Crippen LogP contribution is 2.33. The van der Waals surface area contributed by atoms with Crippen LogP contribution >= 0.6 is 44.4 Å². The summed E-state index contributed by atoms with van der Waals surface area (Å²) in [4.78, 5) is 21.7. The lowest BCUT2D eigenvalue weighted by Gasteiger charge is -2.07. The maximum atomic E-state index is 10.9. The van der Waals surface area contributed by atoms with Gasteiger partial charge in [-0.3, -0.25) is 3.07 Å². The smallest absolute Gasteiger partial charge is 0.338 e. The van der Waals surface area contributed by atoms with Crippen molar-refractivity contribution in [2.45, 2.75) is 0 Å². The normalized spacial score (nSPS) is 10.1. The Bertz CT molecular complexity index is 500. The molecule has 0 fully saturated rings. The molecule has 0 amide bonds. The summed E-state index contributed by atoms with van der Waals surface area (Å²) >= 11 is 9.22. The van der Waals surface area contributed by atoms with Crippen molar-refractivity contribution in [2.24, 2.45) is 0 Å². The van der Waals surface area contributed by atoms with Crippen LogP contribution in [0.1, 0.15) is 20.7 Å². The number of rotatable bonds is 3. The van der Waals surface area contributed by atoms with Crippen LogP contribution < -0.4 is 0 Å². The molecule has 0 aliphatic rings. The summed E-state index contributed by atoms with van der Waals surface area (Å²) in [5.74, 6) is -2.85. The maximum absolute atomic E-state index is 10.9. The second-order valence-electron chi connectivity index (χ2n) is 2.60. The van der Waals surface area contributed by atoms with Gasteiger partial charge in [-0.1, -0.05) is 23.2 Å². The number of carboxylic acids is 2. The van der Waals surface area contributed by atoms with Gasteiger partial charge in [0.05, 0.1) is 24.7 Å². The first kappa shape index (κ1) is 13.3. The van der Waals surface area contributed by atoms with E-state index in [1.54, 1.807) is 0 Å². The minimum atomic E-state index is -1.99. The Labute approximate surface area is 110 Å². The van der Waals surface area contributed by atoms with Crippen molar-refractivity contribution in [1.82, 2.24) is 0 Å². The Kier molecular flexibility index (Phi) is 4.22. The molecule has 2 N–H and O–H groups in total. The van der Waals surface area contributed by atoms with Gasteiger partial charge in [0.25, 0.3) is 0 Å². The molecule has 0 aliphatic carbocycles. The van der Waals surface area contributed by atoms with E-state index in [0.717, 1.165) is 6.07 Å². The van der Waals surface area contributed by atoms with Crippen LogP contribution in [-0.2, 0) is 3.07 Å². The summed E-state index contributed by atoms with van der Waals surface area (Å²) in [5.41, 5.74) is -0.899. The quantitative estimate of drug-likeness (QED) is 0.625. The SMILES string of the molecule is O=Ic1c(C(=O)O)cc(Cl)c(Cl)c1C(=O)O. The highest BCUT2D eigenvalue weighted by molar-refractivity contribution is 14.1. The van der Waals surface area contributed by atoms with Crippen molar-refractivity contribution >= 4 is 56.3 Å². The summed E-state index contributed by atoms with van der Waals surface area (Å²) in [6.45, 7) is 0. The highest BCUT2D eigenvalue weighted by Gasteiger charge is 2.24. The number of carboxylic acid groups (broad SMARTS) is 2. The van der Waals surface area contributed by atoms with Crippen molar-refractivity contribution in [3.05, 3.63) is 30.8 Å². The summed E-state index contributed by atoms with van der Waals surface area (Å²) in [5, 5.41) is 17.2. The lowest BCUT2D eigenvalue weighted by Crippen LogP contribution is -2.08. The van der Waals surface area contributed by atoms with Crippen LogP contribution in [0.15, 0.2) is 6.07 Å². The number of hydrogen-bond donors (Lipinski definition) is 2. The van der Waals surface area contributed by atoms with E-state index in [9.17, 15) is 12.7 Å². The van der Waals surface area contributed by atoms with Crippen LogP contribution in [0.4, 0.5) is 0 Å². The fourth-order valence-electron chi connectivity index (χ4n) is 1.03. The van der Waals surface area contributed by atoms with Crippen LogP contribution in [0.3, 0.4) is 0 Å². The molecule has 1 rings (SSSR count). The Morgan fingerprint density at radius 2 is 1.75 bits per heavy atom. The molecule has 0 atom stereocenters. The van der Waals surface area contributed by atoms with Crippen LogP contribution in [0, 0.1) is 3.57 Å². The second kappa shape index (κ2) is 5.07. The van der Waals surface area contributed by atoms with Gasteiger partial charge in [-0.25, -0.2) is 9.59 Å². The fourth-order valence-corrected chi connectivity index (χ4v) is 2.96. The van der Waals surface area contributed by atoms with E-state index in [0.29, 0.717) is 0 Å². The van der Waals surface area contributed by atoms with Crippen molar-refractivity contribution in [1.29, 1.82) is 0 Å². The van der Waals surface area contributed by atoms with Gasteiger partial charge in [0.1, 0.15) is 0 Å². The standard InChI is InChI=1S/C8H3Cl2IO5/c9-3-1-2(7(12)13)6(11-16)4(5(3)10)8(14)15/h1H,(H,12,13)(H,14,15). The Hall–Kier alpha value is -0.730. The van der Waals surface area contributed by atoms with Gasteiger partial charge < -0.3 is 10.2 Å². The lowest BCUT2D eigenvalue weighted by atomic mass is 10.1. The highest BCUT2D eigenvalue weighted by atomic mass is 127. The molecule has 1 aromatic rings. The Morgan fingerprint density at radius 1 is 1.19 bits per heavy atom. The predicted octanol–water partition coefficient (Wildman–Crippen LogP) is 2.88. The first-order chi connectivity index (χ1) is 7.40. The third-order valence-electron chi connectivity index (χ3n) is 1.68. The molecule has 0 radical (unpaired) electrons. The monoisotopic (exact) mass is 376 g/mol. The average molecular weight is 377 g/mol. The number of hydrogen-bond acceptors (Lipinski definition) is 3. The third kappa shape index (κ3) is 2.33. The van der Waals surface area contributed by atoms with Crippen molar-refractivity contribution in [3.63, 3.8) is 0 Å².